The molecule has 10 nitrogen and oxygen atoms in total. The predicted molar refractivity (Wildman–Crippen MR) is 136 cm³/mol. The van der Waals surface area contributed by atoms with Gasteiger partial charge in [0.2, 0.25) is 5.57 Å². The van der Waals surface area contributed by atoms with Crippen molar-refractivity contribution in [1.29, 1.82) is 0 Å². The molecule has 2 aliphatic heterocycles. The average Bonchev–Trinajstić information content (AvgIpc) is 3.44. The van der Waals surface area contributed by atoms with Gasteiger partial charge in [0, 0.05) is 18.7 Å². The standard InChI is InChI=1S/C28H33N5O5/c1-16-6-8-20(9-7-16)24-30-25-21(27(34)37-23-18(3)14-17(2)15-19(23)4)22(29-5)26(33(25)31-24)38-28(35)32-10-12-36-13-11-32/h6-9,17-19,22-23H,10-15H2,1-4H3/p+1. The minimum atomic E-state index is -1.16. The monoisotopic (exact) mass is 520 g/mol. The maximum atomic E-state index is 13.7. The van der Waals surface area contributed by atoms with Crippen LogP contribution in [-0.4, -0.2) is 65.5 Å². The smallest absolute Gasteiger partial charge is 0.418 e. The Morgan fingerprint density at radius 3 is 2.42 bits per heavy atom. The van der Waals surface area contributed by atoms with Gasteiger partial charge in [-0.05, 0) is 54.6 Å². The van der Waals surface area contributed by atoms with Gasteiger partial charge in [-0.3, -0.25) is 4.85 Å². The molecule has 2 aromatic rings. The van der Waals surface area contributed by atoms with Crippen LogP contribution >= 0.6 is 0 Å². The van der Waals surface area contributed by atoms with Crippen LogP contribution in [0.2, 0.25) is 0 Å². The van der Waals surface area contributed by atoms with Crippen LogP contribution in [-0.2, 0) is 19.0 Å². The summed E-state index contributed by atoms with van der Waals surface area (Å²) in [5, 5.41) is 3.14. The Hall–Kier alpha value is -3.71. The van der Waals surface area contributed by atoms with Gasteiger partial charge in [-0.2, -0.15) is 5.10 Å². The van der Waals surface area contributed by atoms with Crippen LogP contribution in [0.4, 0.5) is 4.79 Å². The van der Waals surface area contributed by atoms with Crippen molar-refractivity contribution in [2.45, 2.75) is 52.7 Å². The van der Waals surface area contributed by atoms with Crippen LogP contribution in [0.1, 0.15) is 39.2 Å². The van der Waals surface area contributed by atoms with E-state index in [1.807, 2.05) is 31.2 Å². The molecular formula is C28H34N5O5+. The minimum absolute atomic E-state index is 0.00247. The van der Waals surface area contributed by atoms with E-state index in [-0.39, 0.29) is 34.9 Å². The Morgan fingerprint density at radius 1 is 1.13 bits per heavy atom. The second-order valence-corrected chi connectivity index (χ2v) is 10.7. The van der Waals surface area contributed by atoms with Crippen molar-refractivity contribution in [3.63, 3.8) is 0 Å². The molecule has 0 radical (unpaired) electrons. The number of hydrogen-bond donors (Lipinski definition) is 1. The molecule has 5 rings (SSSR count). The minimum Gasteiger partial charge on any atom is -0.458 e. The highest BCUT2D eigenvalue weighted by molar-refractivity contribution is 6.12. The van der Waals surface area contributed by atoms with E-state index < -0.39 is 18.1 Å². The molecule has 3 unspecified atom stereocenters. The van der Waals surface area contributed by atoms with E-state index in [1.165, 1.54) is 9.26 Å². The number of nitrogens with zero attached hydrogens (tertiary/aromatic N) is 4. The highest BCUT2D eigenvalue weighted by atomic mass is 16.6. The number of esters is 1. The van der Waals surface area contributed by atoms with Crippen LogP contribution < -0.4 is 9.84 Å². The molecule has 1 N–H and O–H groups in total. The molecule has 3 heterocycles. The average molecular weight is 521 g/mol. The third-order valence-electron chi connectivity index (χ3n) is 7.66. The van der Waals surface area contributed by atoms with Crippen LogP contribution in [0.25, 0.3) is 21.8 Å². The summed E-state index contributed by atoms with van der Waals surface area (Å²) in [7, 11) is 0. The summed E-state index contributed by atoms with van der Waals surface area (Å²) in [4.78, 5) is 36.6. The Morgan fingerprint density at radius 2 is 1.79 bits per heavy atom. The molecule has 1 aliphatic carbocycles. The molecule has 0 bridgehead atoms. The van der Waals surface area contributed by atoms with Gasteiger partial charge in [-0.25, -0.2) is 16.2 Å². The van der Waals surface area contributed by atoms with E-state index in [9.17, 15) is 9.59 Å². The van der Waals surface area contributed by atoms with E-state index >= 15 is 0 Å². The highest BCUT2D eigenvalue weighted by Crippen LogP contribution is 2.36. The lowest BCUT2D eigenvalue weighted by Gasteiger charge is -2.37. The van der Waals surface area contributed by atoms with Gasteiger partial charge in [0.1, 0.15) is 6.10 Å². The fourth-order valence-corrected chi connectivity index (χ4v) is 5.83. The largest absolute Gasteiger partial charge is 0.458 e. The second kappa shape index (κ2) is 10.6. The summed E-state index contributed by atoms with van der Waals surface area (Å²) in [6, 6.07) is 6.60. The molecule has 1 saturated carbocycles. The van der Waals surface area contributed by atoms with Gasteiger partial charge in [-0.1, -0.05) is 42.8 Å². The summed E-state index contributed by atoms with van der Waals surface area (Å²) in [5.41, 5.74) is 2.20. The summed E-state index contributed by atoms with van der Waals surface area (Å²) in [5.74, 6) is 0.850. The van der Waals surface area contributed by atoms with Gasteiger partial charge < -0.3 is 19.1 Å². The number of aromatic amines is 1. The Bertz CT molecular complexity index is 1370. The lowest BCUT2D eigenvalue weighted by Crippen LogP contribution is -2.44. The summed E-state index contributed by atoms with van der Waals surface area (Å²) < 4.78 is 18.6. The molecule has 10 heteroatoms. The van der Waals surface area contributed by atoms with Gasteiger partial charge in [0.05, 0.1) is 13.2 Å². The van der Waals surface area contributed by atoms with E-state index in [1.54, 1.807) is 0 Å². The molecule has 2 fully saturated rings. The SMILES string of the molecule is [C-]#[N+]C1C(C(=O)OC2C(C)CC(C)CC2C)=c2nc(-c3ccc(C)cc3)[nH][n+]2=C1OC(=O)N1CCOCC1. The van der Waals surface area contributed by atoms with Crippen molar-refractivity contribution in [3.8, 4) is 11.4 Å². The molecule has 3 atom stereocenters. The zero-order valence-electron chi connectivity index (χ0n) is 22.3. The lowest BCUT2D eigenvalue weighted by molar-refractivity contribution is -0.612. The number of nitrogens with one attached hydrogen (secondary N) is 1. The Balaban J connectivity index is 1.55. The predicted octanol–water partition coefficient (Wildman–Crippen LogP) is 2.55. The number of aryl methyl sites for hydroxylation is 1. The number of amides is 1. The number of carbonyl (C=O) groups excluding carboxylic acids is 2. The van der Waals surface area contributed by atoms with E-state index in [0.29, 0.717) is 38.0 Å². The maximum absolute atomic E-state index is 13.7. The first-order chi connectivity index (χ1) is 18.3. The Labute approximate surface area is 221 Å². The molecule has 0 spiro atoms. The van der Waals surface area contributed by atoms with E-state index in [4.69, 9.17) is 20.8 Å². The Kier molecular flexibility index (Phi) is 7.21. The lowest BCUT2D eigenvalue weighted by atomic mass is 9.75. The van der Waals surface area contributed by atoms with E-state index in [0.717, 1.165) is 24.0 Å². The molecular weight excluding hydrogens is 486 g/mol. The van der Waals surface area contributed by atoms with Crippen molar-refractivity contribution in [3.05, 3.63) is 52.6 Å². The molecule has 200 valence electrons. The first-order valence-electron chi connectivity index (χ1n) is 13.2. The van der Waals surface area contributed by atoms with Gasteiger partial charge in [-0.15, -0.1) is 0 Å². The number of morpholine rings is 1. The molecule has 3 aliphatic rings. The maximum Gasteiger partial charge on any atom is 0.418 e. The van der Waals surface area contributed by atoms with Crippen molar-refractivity contribution in [2.75, 3.05) is 26.3 Å². The van der Waals surface area contributed by atoms with Crippen LogP contribution in [0.3, 0.4) is 0 Å². The number of rotatable bonds is 4. The number of benzene rings is 1. The van der Waals surface area contributed by atoms with Gasteiger partial charge in [0.25, 0.3) is 5.82 Å². The molecule has 1 amide bonds. The van der Waals surface area contributed by atoms with Crippen LogP contribution in [0.5, 0.6) is 0 Å². The highest BCUT2D eigenvalue weighted by Gasteiger charge is 2.50. The van der Waals surface area contributed by atoms with E-state index in [2.05, 4.69) is 35.7 Å². The van der Waals surface area contributed by atoms with Crippen molar-refractivity contribution >= 4 is 17.6 Å². The summed E-state index contributed by atoms with van der Waals surface area (Å²) in [6.45, 7) is 17.9. The number of fused-ring (bicyclic) bond motifs is 1. The molecule has 38 heavy (non-hydrogen) atoms. The fraction of sp³-hybridized carbons (Fsp3) is 0.536. The third-order valence-corrected chi connectivity index (χ3v) is 7.66. The van der Waals surface area contributed by atoms with Gasteiger partial charge in [0.15, 0.2) is 0 Å². The fourth-order valence-electron chi connectivity index (χ4n) is 5.83. The molecule has 1 saturated heterocycles. The zero-order chi connectivity index (χ0) is 27.0. The summed E-state index contributed by atoms with van der Waals surface area (Å²) in [6.07, 6.45) is 1.08. The number of hydrogen-bond acceptors (Lipinski definition) is 6. The third kappa shape index (κ3) is 4.90. The first kappa shape index (κ1) is 25.9. The number of ether oxygens (including phenoxy) is 3. The first-order valence-corrected chi connectivity index (χ1v) is 13.2. The van der Waals surface area contributed by atoms with Crippen LogP contribution in [0.15, 0.2) is 24.3 Å². The van der Waals surface area contributed by atoms with Crippen LogP contribution in [0, 0.1) is 37.1 Å². The number of H-pyrrole nitrogens is 1. The normalized spacial score (nSPS) is 27.0. The van der Waals surface area contributed by atoms with Crippen molar-refractivity contribution in [2.24, 2.45) is 17.8 Å². The number of aromatic nitrogens is 3. The molecule has 1 aromatic carbocycles. The topological polar surface area (TPSA) is 104 Å². The van der Waals surface area contributed by atoms with Crippen molar-refractivity contribution in [1.82, 2.24) is 15.0 Å². The quantitative estimate of drug-likeness (QED) is 0.378. The van der Waals surface area contributed by atoms with Gasteiger partial charge >= 0.3 is 29.5 Å². The van der Waals surface area contributed by atoms with Crippen molar-refractivity contribution < 1.29 is 28.2 Å². The second-order valence-electron chi connectivity index (χ2n) is 10.7. The summed E-state index contributed by atoms with van der Waals surface area (Å²) >= 11 is 0. The number of carbonyl (C=O) groups is 2. The molecule has 1 aromatic heterocycles. The zero-order valence-corrected chi connectivity index (χ0v) is 22.3.